The van der Waals surface area contributed by atoms with Gasteiger partial charge in [-0.2, -0.15) is 0 Å². The monoisotopic (exact) mass is 373 g/mol. The number of amidine groups is 1. The summed E-state index contributed by atoms with van der Waals surface area (Å²) in [6.45, 7) is 5.68. The molecule has 1 amide bonds. The topological polar surface area (TPSA) is 35.9 Å². The van der Waals surface area contributed by atoms with Crippen LogP contribution < -0.4 is 0 Å². The molecule has 0 unspecified atom stereocenters. The third kappa shape index (κ3) is 3.90. The lowest BCUT2D eigenvalue weighted by atomic mass is 10.1. The van der Waals surface area contributed by atoms with E-state index in [0.29, 0.717) is 11.7 Å². The van der Waals surface area contributed by atoms with Gasteiger partial charge in [0.25, 0.3) is 0 Å². The van der Waals surface area contributed by atoms with Gasteiger partial charge in [-0.15, -0.1) is 11.8 Å². The van der Waals surface area contributed by atoms with Crippen molar-refractivity contribution < 1.29 is 4.79 Å². The molecule has 3 aliphatic rings. The summed E-state index contributed by atoms with van der Waals surface area (Å²) in [4.78, 5) is 22.7. The van der Waals surface area contributed by atoms with E-state index in [0.717, 1.165) is 49.9 Å². The summed E-state index contributed by atoms with van der Waals surface area (Å²) in [6, 6.07) is 8.70. The second-order valence-electron chi connectivity index (χ2n) is 6.73. The zero-order chi connectivity index (χ0) is 17.2. The van der Waals surface area contributed by atoms with E-state index in [1.165, 1.54) is 10.5 Å². The SMILES string of the molecule is Cc1cccc(SC2CCN(C(=O)CC3=CSC4=NCCN34)CC2)c1. The molecule has 0 bridgehead atoms. The number of thioether (sulfide) groups is 2. The normalized spacial score (nSPS) is 20.5. The molecule has 1 aromatic carbocycles. The Morgan fingerprint density at radius 1 is 1.32 bits per heavy atom. The van der Waals surface area contributed by atoms with Gasteiger partial charge >= 0.3 is 0 Å². The molecule has 0 aromatic heterocycles. The van der Waals surface area contributed by atoms with Gasteiger partial charge in [-0.05, 0) is 37.3 Å². The second kappa shape index (κ2) is 7.46. The second-order valence-corrected chi connectivity index (χ2v) is 8.94. The van der Waals surface area contributed by atoms with E-state index < -0.39 is 0 Å². The summed E-state index contributed by atoms with van der Waals surface area (Å²) in [5.74, 6) is 0.263. The maximum atomic E-state index is 12.7. The first-order valence-corrected chi connectivity index (χ1v) is 10.6. The minimum atomic E-state index is 0.263. The summed E-state index contributed by atoms with van der Waals surface area (Å²) in [7, 11) is 0. The molecule has 0 atom stereocenters. The van der Waals surface area contributed by atoms with Gasteiger partial charge in [0.15, 0.2) is 5.17 Å². The molecular weight excluding hydrogens is 350 g/mol. The van der Waals surface area contributed by atoms with Crippen LogP contribution in [0.4, 0.5) is 0 Å². The smallest absolute Gasteiger partial charge is 0.228 e. The Morgan fingerprint density at radius 2 is 2.16 bits per heavy atom. The standard InChI is InChI=1S/C19H23N3OS2/c1-14-3-2-4-17(11-14)25-16-5-8-21(9-6-16)18(23)12-15-13-24-19-20-7-10-22(15)19/h2-4,11,13,16H,5-10,12H2,1H3. The quantitative estimate of drug-likeness (QED) is 0.806. The average molecular weight is 374 g/mol. The van der Waals surface area contributed by atoms with Crippen molar-refractivity contribution in [2.24, 2.45) is 4.99 Å². The van der Waals surface area contributed by atoms with E-state index in [1.54, 1.807) is 11.8 Å². The number of nitrogens with zero attached hydrogens (tertiary/aromatic N) is 3. The number of rotatable bonds is 4. The van der Waals surface area contributed by atoms with Crippen molar-refractivity contribution in [3.8, 4) is 0 Å². The summed E-state index contributed by atoms with van der Waals surface area (Å²) >= 11 is 3.61. The summed E-state index contributed by atoms with van der Waals surface area (Å²) in [5, 5.41) is 3.77. The highest BCUT2D eigenvalue weighted by molar-refractivity contribution is 8.16. The molecule has 3 heterocycles. The van der Waals surface area contributed by atoms with Gasteiger partial charge in [0.1, 0.15) is 0 Å². The van der Waals surface area contributed by atoms with E-state index in [1.807, 2.05) is 16.7 Å². The largest absolute Gasteiger partial charge is 0.342 e. The third-order valence-electron chi connectivity index (χ3n) is 4.87. The van der Waals surface area contributed by atoms with Crippen LogP contribution in [0, 0.1) is 6.92 Å². The van der Waals surface area contributed by atoms with Crippen molar-refractivity contribution in [2.75, 3.05) is 26.2 Å². The number of hydrogen-bond acceptors (Lipinski definition) is 5. The minimum Gasteiger partial charge on any atom is -0.342 e. The average Bonchev–Trinajstić information content (AvgIpc) is 3.21. The Kier molecular flexibility index (Phi) is 5.08. The van der Waals surface area contributed by atoms with Gasteiger partial charge < -0.3 is 9.80 Å². The fourth-order valence-corrected chi connectivity index (χ4v) is 5.68. The number of benzene rings is 1. The number of fused-ring (bicyclic) bond motifs is 1. The molecule has 1 fully saturated rings. The molecule has 0 spiro atoms. The summed E-state index contributed by atoms with van der Waals surface area (Å²) in [6.07, 6.45) is 2.67. The van der Waals surface area contributed by atoms with E-state index >= 15 is 0 Å². The molecule has 6 heteroatoms. The molecule has 0 radical (unpaired) electrons. The lowest BCUT2D eigenvalue weighted by Crippen LogP contribution is -2.40. The van der Waals surface area contributed by atoms with Crippen LogP contribution in [0.25, 0.3) is 0 Å². The molecule has 1 aromatic rings. The van der Waals surface area contributed by atoms with E-state index in [9.17, 15) is 4.79 Å². The molecule has 0 aliphatic carbocycles. The van der Waals surface area contributed by atoms with E-state index in [-0.39, 0.29) is 5.91 Å². The highest BCUT2D eigenvalue weighted by atomic mass is 32.2. The van der Waals surface area contributed by atoms with Crippen molar-refractivity contribution in [3.05, 3.63) is 40.9 Å². The maximum absolute atomic E-state index is 12.7. The van der Waals surface area contributed by atoms with Gasteiger partial charge in [-0.3, -0.25) is 9.79 Å². The summed E-state index contributed by atoms with van der Waals surface area (Å²) in [5.41, 5.74) is 2.44. The van der Waals surface area contributed by atoms with Gasteiger partial charge in [-0.1, -0.05) is 29.5 Å². The first-order valence-electron chi connectivity index (χ1n) is 8.88. The maximum Gasteiger partial charge on any atom is 0.228 e. The first kappa shape index (κ1) is 17.0. The number of hydrogen-bond donors (Lipinski definition) is 0. The Bertz CT molecular complexity index is 723. The number of aryl methyl sites for hydroxylation is 1. The van der Waals surface area contributed by atoms with Gasteiger partial charge in [-0.25, -0.2) is 0 Å². The molecule has 25 heavy (non-hydrogen) atoms. The third-order valence-corrected chi connectivity index (χ3v) is 7.15. The molecule has 4 rings (SSSR count). The number of carbonyl (C=O) groups is 1. The van der Waals surface area contributed by atoms with Crippen LogP contribution in [0.3, 0.4) is 0 Å². The van der Waals surface area contributed by atoms with Crippen LogP contribution in [0.5, 0.6) is 0 Å². The van der Waals surface area contributed by atoms with Gasteiger partial charge in [0, 0.05) is 35.5 Å². The lowest BCUT2D eigenvalue weighted by Gasteiger charge is -2.32. The van der Waals surface area contributed by atoms with E-state index in [2.05, 4.69) is 46.5 Å². The lowest BCUT2D eigenvalue weighted by molar-refractivity contribution is -0.131. The number of piperidine rings is 1. The van der Waals surface area contributed by atoms with Crippen LogP contribution in [0.1, 0.15) is 24.8 Å². The molecule has 0 saturated carbocycles. The number of likely N-dealkylation sites (tertiary alicyclic amines) is 1. The zero-order valence-corrected chi connectivity index (χ0v) is 16.1. The van der Waals surface area contributed by atoms with Crippen LogP contribution in [-0.4, -0.2) is 52.3 Å². The number of aliphatic imine (C=N–C) groups is 1. The molecule has 132 valence electrons. The van der Waals surface area contributed by atoms with Gasteiger partial charge in [0.05, 0.1) is 13.0 Å². The zero-order valence-electron chi connectivity index (χ0n) is 14.5. The minimum absolute atomic E-state index is 0.263. The van der Waals surface area contributed by atoms with Crippen molar-refractivity contribution in [2.45, 2.75) is 36.3 Å². The molecule has 3 aliphatic heterocycles. The Hall–Kier alpha value is -1.40. The van der Waals surface area contributed by atoms with Crippen molar-refractivity contribution in [1.82, 2.24) is 9.80 Å². The van der Waals surface area contributed by atoms with Crippen molar-refractivity contribution >= 4 is 34.6 Å². The highest BCUT2D eigenvalue weighted by Gasteiger charge is 2.30. The van der Waals surface area contributed by atoms with Crippen molar-refractivity contribution in [1.29, 1.82) is 0 Å². The molecule has 0 N–H and O–H groups in total. The van der Waals surface area contributed by atoms with Crippen LogP contribution in [0.15, 0.2) is 45.3 Å². The molecule has 1 saturated heterocycles. The first-order chi connectivity index (χ1) is 12.2. The Morgan fingerprint density at radius 3 is 2.96 bits per heavy atom. The number of carbonyl (C=O) groups excluding carboxylic acids is 1. The van der Waals surface area contributed by atoms with Gasteiger partial charge in [0.2, 0.25) is 5.91 Å². The highest BCUT2D eigenvalue weighted by Crippen LogP contribution is 2.33. The molecular formula is C19H23N3OS2. The fraction of sp³-hybridized carbons (Fsp3) is 0.474. The molecule has 4 nitrogen and oxygen atoms in total. The summed E-state index contributed by atoms with van der Waals surface area (Å²) < 4.78 is 0. The predicted octanol–water partition coefficient (Wildman–Crippen LogP) is 3.73. The van der Waals surface area contributed by atoms with Crippen LogP contribution in [0.2, 0.25) is 0 Å². The number of amides is 1. The van der Waals surface area contributed by atoms with Crippen LogP contribution in [-0.2, 0) is 4.79 Å². The Labute approximate surface area is 157 Å². The van der Waals surface area contributed by atoms with E-state index in [4.69, 9.17) is 0 Å². The fourth-order valence-electron chi connectivity index (χ4n) is 3.49. The Balaban J connectivity index is 1.27. The van der Waals surface area contributed by atoms with Crippen LogP contribution >= 0.6 is 23.5 Å². The predicted molar refractivity (Wildman–Crippen MR) is 106 cm³/mol. The van der Waals surface area contributed by atoms with Crippen molar-refractivity contribution in [3.63, 3.8) is 0 Å².